The smallest absolute Gasteiger partial charge is 0.252 e. The summed E-state index contributed by atoms with van der Waals surface area (Å²) >= 11 is 0. The number of amides is 1. The summed E-state index contributed by atoms with van der Waals surface area (Å²) in [5.41, 5.74) is 3.21. The number of aromatic amines is 1. The molecule has 0 unspecified atom stereocenters. The summed E-state index contributed by atoms with van der Waals surface area (Å²) < 4.78 is 26.5. The summed E-state index contributed by atoms with van der Waals surface area (Å²) in [7, 11) is 1.87. The molecule has 6 rings (SSSR count). The zero-order valence-corrected chi connectivity index (χ0v) is 18.2. The Morgan fingerprint density at radius 2 is 1.91 bits per heavy atom. The highest BCUT2D eigenvalue weighted by Crippen LogP contribution is 2.38. The lowest BCUT2D eigenvalue weighted by Crippen LogP contribution is -2.50. The van der Waals surface area contributed by atoms with E-state index < -0.39 is 17.9 Å². The molecule has 0 spiro atoms. The van der Waals surface area contributed by atoms with Gasteiger partial charge in [-0.3, -0.25) is 4.79 Å². The van der Waals surface area contributed by atoms with Crippen LogP contribution in [0.25, 0.3) is 32.8 Å². The first-order valence-corrected chi connectivity index (χ1v) is 10.9. The van der Waals surface area contributed by atoms with Gasteiger partial charge in [0.2, 0.25) is 0 Å². The number of aromatic nitrogens is 4. The van der Waals surface area contributed by atoms with Crippen LogP contribution >= 0.6 is 0 Å². The highest BCUT2D eigenvalue weighted by Gasteiger charge is 2.46. The van der Waals surface area contributed by atoms with Gasteiger partial charge in [-0.2, -0.15) is 0 Å². The monoisotopic (exact) mass is 458 g/mol. The van der Waals surface area contributed by atoms with Crippen LogP contribution in [0.15, 0.2) is 61.1 Å². The van der Waals surface area contributed by atoms with Crippen molar-refractivity contribution in [2.75, 3.05) is 11.9 Å². The third-order valence-electron chi connectivity index (χ3n) is 6.31. The number of pyridine rings is 1. The minimum absolute atomic E-state index is 0.339. The first kappa shape index (κ1) is 20.5. The molecule has 0 saturated heterocycles. The molecule has 3 aromatic heterocycles. The lowest BCUT2D eigenvalue weighted by Gasteiger charge is -2.35. The second-order valence-electron chi connectivity index (χ2n) is 8.67. The van der Waals surface area contributed by atoms with E-state index in [9.17, 15) is 13.6 Å². The van der Waals surface area contributed by atoms with Crippen LogP contribution in [-0.2, 0) is 0 Å². The van der Waals surface area contributed by atoms with Crippen molar-refractivity contribution >= 4 is 50.3 Å². The molecule has 0 radical (unpaired) electrons. The second-order valence-corrected chi connectivity index (χ2v) is 8.67. The summed E-state index contributed by atoms with van der Waals surface area (Å²) in [4.78, 5) is 31.5. The fourth-order valence-electron chi connectivity index (χ4n) is 4.54. The SMILES string of the molecule is CN(c1cc(C(=O)NC2CC(F)(F)C2)cc2nc3ccccc3cc12)c1ncnc2[nH]ccc12. The zero-order chi connectivity index (χ0) is 23.4. The number of nitrogens with one attached hydrogen (secondary N) is 2. The molecule has 1 aliphatic carbocycles. The molecule has 1 saturated carbocycles. The lowest BCUT2D eigenvalue weighted by molar-refractivity contribution is -0.0901. The largest absolute Gasteiger partial charge is 0.349 e. The molecule has 170 valence electrons. The molecule has 7 nitrogen and oxygen atoms in total. The maximum atomic E-state index is 13.3. The van der Waals surface area contributed by atoms with Crippen LogP contribution in [-0.4, -0.2) is 44.9 Å². The van der Waals surface area contributed by atoms with Crippen molar-refractivity contribution < 1.29 is 13.6 Å². The van der Waals surface area contributed by atoms with E-state index in [1.807, 2.05) is 48.3 Å². The van der Waals surface area contributed by atoms with E-state index in [2.05, 4.69) is 20.3 Å². The summed E-state index contributed by atoms with van der Waals surface area (Å²) in [5.74, 6) is -2.44. The number of rotatable bonds is 4. The average Bonchev–Trinajstić information content (AvgIpc) is 3.29. The number of carbonyl (C=O) groups is 1. The van der Waals surface area contributed by atoms with Crippen LogP contribution < -0.4 is 10.2 Å². The highest BCUT2D eigenvalue weighted by molar-refractivity contribution is 6.07. The predicted octanol–water partition coefficient (Wildman–Crippen LogP) is 4.95. The normalized spacial score (nSPS) is 15.5. The Kier molecular flexibility index (Phi) is 4.48. The lowest BCUT2D eigenvalue weighted by atomic mass is 9.88. The maximum Gasteiger partial charge on any atom is 0.252 e. The van der Waals surface area contributed by atoms with Gasteiger partial charge in [0, 0.05) is 48.5 Å². The molecule has 2 aromatic carbocycles. The van der Waals surface area contributed by atoms with E-state index in [1.54, 1.807) is 18.3 Å². The molecule has 3 heterocycles. The number of halogens is 2. The Morgan fingerprint density at radius 3 is 2.74 bits per heavy atom. The molecule has 1 amide bonds. The molecule has 0 bridgehead atoms. The Bertz CT molecular complexity index is 1570. The minimum Gasteiger partial charge on any atom is -0.349 e. The van der Waals surface area contributed by atoms with Crippen LogP contribution in [0.1, 0.15) is 23.2 Å². The number of hydrogen-bond donors (Lipinski definition) is 2. The van der Waals surface area contributed by atoms with Crippen LogP contribution in [0.3, 0.4) is 0 Å². The molecule has 0 aliphatic heterocycles. The van der Waals surface area contributed by atoms with Crippen molar-refractivity contribution in [2.24, 2.45) is 0 Å². The van der Waals surface area contributed by atoms with Crippen molar-refractivity contribution in [2.45, 2.75) is 24.8 Å². The number of anilines is 2. The van der Waals surface area contributed by atoms with E-state index in [-0.39, 0.29) is 12.8 Å². The number of para-hydroxylation sites is 1. The Balaban J connectivity index is 1.50. The molecule has 1 fully saturated rings. The standard InChI is InChI=1S/C25H20F2N6O/c1-33(23-17-6-7-28-22(17)29-13-30-23)21-10-15(24(34)31-16-11-25(26,27)12-16)9-20-18(21)8-14-4-2-3-5-19(14)32-20/h2-10,13,16H,11-12H2,1H3,(H,31,34)(H,28,29,30). The van der Waals surface area contributed by atoms with Crippen molar-refractivity contribution in [3.63, 3.8) is 0 Å². The number of alkyl halides is 2. The number of hydrogen-bond acceptors (Lipinski definition) is 5. The molecular weight excluding hydrogens is 438 g/mol. The number of carbonyl (C=O) groups excluding carboxylic acids is 1. The van der Waals surface area contributed by atoms with Crippen molar-refractivity contribution in [1.82, 2.24) is 25.3 Å². The van der Waals surface area contributed by atoms with E-state index in [1.165, 1.54) is 6.33 Å². The molecule has 0 atom stereocenters. The summed E-state index contributed by atoms with van der Waals surface area (Å²) in [6.07, 6.45) is 2.60. The van der Waals surface area contributed by atoms with Crippen LogP contribution in [0.4, 0.5) is 20.3 Å². The molecular formula is C25H20F2N6O. The first-order chi connectivity index (χ1) is 16.4. The van der Waals surface area contributed by atoms with Crippen LogP contribution in [0.5, 0.6) is 0 Å². The van der Waals surface area contributed by atoms with Gasteiger partial charge >= 0.3 is 0 Å². The topological polar surface area (TPSA) is 86.8 Å². The van der Waals surface area contributed by atoms with Gasteiger partial charge in [-0.1, -0.05) is 18.2 Å². The summed E-state index contributed by atoms with van der Waals surface area (Å²) in [6, 6.07) is 14.6. The van der Waals surface area contributed by atoms with Gasteiger partial charge in [0.1, 0.15) is 17.8 Å². The quantitative estimate of drug-likeness (QED) is 0.372. The molecule has 34 heavy (non-hydrogen) atoms. The van der Waals surface area contributed by atoms with Gasteiger partial charge in [0.15, 0.2) is 0 Å². The van der Waals surface area contributed by atoms with Crippen LogP contribution in [0.2, 0.25) is 0 Å². The van der Waals surface area contributed by atoms with Gasteiger partial charge < -0.3 is 15.2 Å². The van der Waals surface area contributed by atoms with E-state index in [4.69, 9.17) is 4.98 Å². The Labute approximate surface area is 192 Å². The molecule has 5 aromatic rings. The Hall–Kier alpha value is -4.14. The first-order valence-electron chi connectivity index (χ1n) is 10.9. The van der Waals surface area contributed by atoms with Crippen molar-refractivity contribution in [3.05, 3.63) is 66.6 Å². The molecule has 9 heteroatoms. The van der Waals surface area contributed by atoms with Crippen LogP contribution in [0, 0.1) is 0 Å². The van der Waals surface area contributed by atoms with Gasteiger partial charge in [-0.05, 0) is 30.3 Å². The number of benzene rings is 2. The van der Waals surface area contributed by atoms with Gasteiger partial charge in [-0.15, -0.1) is 0 Å². The Morgan fingerprint density at radius 1 is 1.09 bits per heavy atom. The van der Waals surface area contributed by atoms with E-state index >= 15 is 0 Å². The fourth-order valence-corrected chi connectivity index (χ4v) is 4.54. The van der Waals surface area contributed by atoms with Crippen molar-refractivity contribution in [1.29, 1.82) is 0 Å². The maximum absolute atomic E-state index is 13.3. The minimum atomic E-state index is -2.71. The third kappa shape index (κ3) is 3.40. The zero-order valence-electron chi connectivity index (χ0n) is 18.2. The fraction of sp³-hybridized carbons (Fsp3) is 0.200. The predicted molar refractivity (Wildman–Crippen MR) is 127 cm³/mol. The van der Waals surface area contributed by atoms with E-state index in [0.29, 0.717) is 22.5 Å². The third-order valence-corrected chi connectivity index (χ3v) is 6.31. The number of nitrogens with zero attached hydrogens (tertiary/aromatic N) is 4. The summed E-state index contributed by atoms with van der Waals surface area (Å²) in [6.45, 7) is 0. The van der Waals surface area contributed by atoms with Gasteiger partial charge in [-0.25, -0.2) is 23.7 Å². The van der Waals surface area contributed by atoms with Crippen molar-refractivity contribution in [3.8, 4) is 0 Å². The second kappa shape index (κ2) is 7.44. The number of H-pyrrole nitrogens is 1. The molecule has 2 N–H and O–H groups in total. The van der Waals surface area contributed by atoms with Gasteiger partial charge in [0.05, 0.1) is 22.1 Å². The van der Waals surface area contributed by atoms with Gasteiger partial charge in [0.25, 0.3) is 11.8 Å². The highest BCUT2D eigenvalue weighted by atomic mass is 19.3. The molecule has 1 aliphatic rings. The average molecular weight is 458 g/mol. The number of fused-ring (bicyclic) bond motifs is 3. The summed E-state index contributed by atoms with van der Waals surface area (Å²) in [5, 5.41) is 5.37. The van der Waals surface area contributed by atoms with E-state index in [0.717, 1.165) is 27.4 Å².